The molecular weight excluding hydrogens is 314 g/mol. The van der Waals surface area contributed by atoms with Crippen LogP contribution < -0.4 is 11.1 Å². The number of nitrogens with two attached hydrogens (primary N) is 1. The third-order valence-corrected chi connectivity index (χ3v) is 4.66. The van der Waals surface area contributed by atoms with Gasteiger partial charge in [-0.15, -0.1) is 0 Å². The first-order valence-corrected chi connectivity index (χ1v) is 7.48. The Kier molecular flexibility index (Phi) is 2.81. The highest BCUT2D eigenvalue weighted by molar-refractivity contribution is 6.18. The summed E-state index contributed by atoms with van der Waals surface area (Å²) in [6.45, 7) is 0. The number of benzene rings is 1. The Hall–Kier alpha value is -3.16. The van der Waals surface area contributed by atoms with Crippen LogP contribution in [0.25, 0.3) is 0 Å². The lowest BCUT2D eigenvalue weighted by Crippen LogP contribution is -2.48. The molecule has 1 aromatic rings. The molecule has 0 saturated heterocycles. The molecule has 2 aliphatic heterocycles. The summed E-state index contributed by atoms with van der Waals surface area (Å²) in [6, 6.07) is 6.60. The van der Waals surface area contributed by atoms with Crippen molar-refractivity contribution in [2.24, 2.45) is 5.73 Å². The van der Waals surface area contributed by atoms with Gasteiger partial charge in [-0.25, -0.2) is 0 Å². The maximum Gasteiger partial charge on any atom is 0.330 e. The Morgan fingerprint density at radius 1 is 1.25 bits per heavy atom. The molecule has 0 unspecified atom stereocenters. The highest BCUT2D eigenvalue weighted by Crippen LogP contribution is 2.53. The van der Waals surface area contributed by atoms with Crippen molar-refractivity contribution in [3.8, 4) is 0 Å². The number of nitro groups is 1. The lowest BCUT2D eigenvalue weighted by atomic mass is 9.67. The van der Waals surface area contributed by atoms with Crippen LogP contribution in [0.5, 0.6) is 0 Å². The number of carbonyl (C=O) groups is 2. The van der Waals surface area contributed by atoms with Crippen molar-refractivity contribution in [3.05, 3.63) is 62.9 Å². The fourth-order valence-corrected chi connectivity index (χ4v) is 3.79. The normalized spacial score (nSPS) is 25.3. The number of para-hydroxylation sites is 1. The number of hydrogen-bond donors (Lipinski definition) is 2. The molecule has 1 aromatic carbocycles. The van der Waals surface area contributed by atoms with E-state index >= 15 is 0 Å². The number of nitrogens with one attached hydrogen (secondary N) is 1. The molecule has 8 nitrogen and oxygen atoms in total. The van der Waals surface area contributed by atoms with Gasteiger partial charge in [0.2, 0.25) is 5.41 Å². The first-order chi connectivity index (χ1) is 11.5. The second-order valence-electron chi connectivity index (χ2n) is 5.90. The summed E-state index contributed by atoms with van der Waals surface area (Å²) in [5.41, 5.74) is 4.17. The lowest BCUT2D eigenvalue weighted by molar-refractivity contribution is -0.436. The Bertz CT molecular complexity index is 885. The van der Waals surface area contributed by atoms with Crippen LogP contribution in [0.1, 0.15) is 24.8 Å². The molecule has 24 heavy (non-hydrogen) atoms. The highest BCUT2D eigenvalue weighted by atomic mass is 16.6. The molecule has 3 aliphatic rings. The average molecular weight is 327 g/mol. The van der Waals surface area contributed by atoms with Crippen molar-refractivity contribution < 1.29 is 19.2 Å². The summed E-state index contributed by atoms with van der Waals surface area (Å²) in [4.78, 5) is 36.5. The van der Waals surface area contributed by atoms with Crippen molar-refractivity contribution in [1.82, 2.24) is 0 Å². The molecule has 0 bridgehead atoms. The lowest BCUT2D eigenvalue weighted by Gasteiger charge is -2.34. The molecule has 1 amide bonds. The van der Waals surface area contributed by atoms with E-state index < -0.39 is 27.8 Å². The summed E-state index contributed by atoms with van der Waals surface area (Å²) in [5, 5.41) is 14.4. The molecule has 0 aromatic heterocycles. The molecule has 1 atom stereocenters. The predicted molar refractivity (Wildman–Crippen MR) is 81.9 cm³/mol. The first kappa shape index (κ1) is 14.4. The van der Waals surface area contributed by atoms with Crippen molar-refractivity contribution >= 4 is 17.4 Å². The fraction of sp³-hybridized carbons (Fsp3) is 0.250. The topological polar surface area (TPSA) is 125 Å². The molecular formula is C16H13N3O5. The van der Waals surface area contributed by atoms with Gasteiger partial charge in [0, 0.05) is 24.1 Å². The maximum atomic E-state index is 12.9. The SMILES string of the molecule is NC1=C([N+](=O)[O-])[C@@]2(C(=O)Nc3ccccc32)C2=C(CCCC2=O)O1. The van der Waals surface area contributed by atoms with E-state index in [0.717, 1.165) is 0 Å². The average Bonchev–Trinajstić information content (AvgIpc) is 2.80. The number of fused-ring (bicyclic) bond motifs is 3. The predicted octanol–water partition coefficient (Wildman–Crippen LogP) is 1.32. The van der Waals surface area contributed by atoms with Gasteiger partial charge in [0.1, 0.15) is 5.76 Å². The van der Waals surface area contributed by atoms with E-state index in [2.05, 4.69) is 5.32 Å². The summed E-state index contributed by atoms with van der Waals surface area (Å²) in [5.74, 6) is -1.17. The van der Waals surface area contributed by atoms with Crippen LogP contribution in [0.15, 0.2) is 47.2 Å². The number of rotatable bonds is 1. The maximum absolute atomic E-state index is 12.9. The summed E-state index contributed by atoms with van der Waals surface area (Å²) in [7, 11) is 0. The number of anilines is 1. The third kappa shape index (κ3) is 1.57. The van der Waals surface area contributed by atoms with Crippen LogP contribution in [-0.2, 0) is 19.7 Å². The minimum atomic E-state index is -1.85. The van der Waals surface area contributed by atoms with Crippen LogP contribution in [0.2, 0.25) is 0 Å². The number of ketones is 1. The molecule has 0 radical (unpaired) electrons. The van der Waals surface area contributed by atoms with E-state index in [1.807, 2.05) is 0 Å². The van der Waals surface area contributed by atoms with Crippen LogP contribution in [0, 0.1) is 10.1 Å². The second kappa shape index (κ2) is 4.67. The fourth-order valence-electron chi connectivity index (χ4n) is 3.79. The summed E-state index contributed by atoms with van der Waals surface area (Å²) in [6.07, 6.45) is 1.17. The molecule has 2 heterocycles. The van der Waals surface area contributed by atoms with Crippen molar-refractivity contribution in [2.45, 2.75) is 24.7 Å². The molecule has 4 rings (SSSR count). The summed E-state index contributed by atoms with van der Waals surface area (Å²) < 4.78 is 5.38. The second-order valence-corrected chi connectivity index (χ2v) is 5.90. The monoisotopic (exact) mass is 327 g/mol. The number of carbonyl (C=O) groups excluding carboxylic acids is 2. The Morgan fingerprint density at radius 3 is 2.75 bits per heavy atom. The van der Waals surface area contributed by atoms with E-state index in [0.29, 0.717) is 24.1 Å². The molecule has 0 saturated carbocycles. The summed E-state index contributed by atoms with van der Waals surface area (Å²) >= 11 is 0. The molecule has 0 fully saturated rings. The number of Topliss-reactive ketones (excluding diaryl/α,β-unsaturated/α-hetero) is 1. The number of ether oxygens (including phenoxy) is 1. The van der Waals surface area contributed by atoms with E-state index in [1.54, 1.807) is 24.3 Å². The zero-order valence-corrected chi connectivity index (χ0v) is 12.5. The molecule has 8 heteroatoms. The Labute approximate surface area is 136 Å². The zero-order chi connectivity index (χ0) is 17.1. The minimum Gasteiger partial charge on any atom is -0.440 e. The Balaban J connectivity index is 2.13. The van der Waals surface area contributed by atoms with Gasteiger partial charge in [-0.3, -0.25) is 19.7 Å². The largest absolute Gasteiger partial charge is 0.440 e. The van der Waals surface area contributed by atoms with E-state index in [9.17, 15) is 19.7 Å². The van der Waals surface area contributed by atoms with Crippen molar-refractivity contribution in [3.63, 3.8) is 0 Å². The molecule has 1 aliphatic carbocycles. The smallest absolute Gasteiger partial charge is 0.330 e. The number of amides is 1. The number of hydrogen-bond acceptors (Lipinski definition) is 6. The molecule has 3 N–H and O–H groups in total. The highest BCUT2D eigenvalue weighted by Gasteiger charge is 2.65. The number of allylic oxidation sites excluding steroid dienone is 1. The minimum absolute atomic E-state index is 0.0390. The molecule has 122 valence electrons. The molecule has 1 spiro atoms. The first-order valence-electron chi connectivity index (χ1n) is 7.48. The van der Waals surface area contributed by atoms with Crippen LogP contribution in [0.3, 0.4) is 0 Å². The van der Waals surface area contributed by atoms with Gasteiger partial charge in [-0.2, -0.15) is 0 Å². The van der Waals surface area contributed by atoms with Crippen LogP contribution in [0.4, 0.5) is 5.69 Å². The number of nitrogens with zero attached hydrogens (tertiary/aromatic N) is 1. The van der Waals surface area contributed by atoms with E-state index in [4.69, 9.17) is 10.5 Å². The van der Waals surface area contributed by atoms with Crippen molar-refractivity contribution in [2.75, 3.05) is 5.32 Å². The standard InChI is InChI=1S/C16H13N3O5/c17-14-13(19(22)23)16(12-10(20)6-3-7-11(12)24-14)8-4-1-2-5-9(8)18-15(16)21/h1-2,4-5H,3,6-7,17H2,(H,18,21)/t16-/m0/s1. The van der Waals surface area contributed by atoms with Crippen LogP contribution >= 0.6 is 0 Å². The van der Waals surface area contributed by atoms with Gasteiger partial charge in [-0.05, 0) is 12.5 Å². The van der Waals surface area contributed by atoms with Gasteiger partial charge in [-0.1, -0.05) is 18.2 Å². The van der Waals surface area contributed by atoms with Crippen LogP contribution in [-0.4, -0.2) is 16.6 Å². The van der Waals surface area contributed by atoms with Gasteiger partial charge in [0.15, 0.2) is 5.78 Å². The van der Waals surface area contributed by atoms with Gasteiger partial charge in [0.05, 0.1) is 10.5 Å². The van der Waals surface area contributed by atoms with E-state index in [1.165, 1.54) is 0 Å². The van der Waals surface area contributed by atoms with Crippen molar-refractivity contribution in [1.29, 1.82) is 0 Å². The van der Waals surface area contributed by atoms with Gasteiger partial charge in [0.25, 0.3) is 11.8 Å². The third-order valence-electron chi connectivity index (χ3n) is 4.66. The van der Waals surface area contributed by atoms with E-state index in [-0.39, 0.29) is 23.5 Å². The van der Waals surface area contributed by atoms with Gasteiger partial charge >= 0.3 is 5.70 Å². The van der Waals surface area contributed by atoms with Gasteiger partial charge < -0.3 is 15.8 Å². The quantitative estimate of drug-likeness (QED) is 0.592. The zero-order valence-electron chi connectivity index (χ0n) is 12.5. The Morgan fingerprint density at radius 2 is 2.00 bits per heavy atom.